The zero-order chi connectivity index (χ0) is 22.8. The number of amides is 1. The molecule has 1 amide bonds. The van der Waals surface area contributed by atoms with Crippen molar-refractivity contribution in [1.29, 1.82) is 0 Å². The maximum Gasteiger partial charge on any atom is 0.344 e. The third kappa shape index (κ3) is 4.71. The van der Waals surface area contributed by atoms with E-state index in [1.807, 2.05) is 55.5 Å². The van der Waals surface area contributed by atoms with E-state index in [0.29, 0.717) is 28.0 Å². The van der Waals surface area contributed by atoms with Crippen LogP contribution >= 0.6 is 12.4 Å². The smallest absolute Gasteiger partial charge is 0.344 e. The Labute approximate surface area is 202 Å². The number of carbonyl (C=O) groups is 1. The van der Waals surface area contributed by atoms with Crippen LogP contribution < -0.4 is 20.6 Å². The van der Waals surface area contributed by atoms with Crippen LogP contribution in [0, 0.1) is 6.92 Å². The number of carbonyl (C=O) groups excluding carboxylic acids is 1. The highest BCUT2D eigenvalue weighted by molar-refractivity contribution is 6.05. The molecule has 0 radical (unpaired) electrons. The molecule has 1 saturated heterocycles. The van der Waals surface area contributed by atoms with Crippen molar-refractivity contribution in [3.8, 4) is 5.75 Å². The molecule has 0 saturated carbocycles. The molecular weight excluding hydrogens is 456 g/mol. The summed E-state index contributed by atoms with van der Waals surface area (Å²) >= 11 is 0. The first-order chi connectivity index (χ1) is 16.1. The van der Waals surface area contributed by atoms with E-state index in [1.54, 1.807) is 12.1 Å². The van der Waals surface area contributed by atoms with Crippen molar-refractivity contribution in [3.63, 3.8) is 0 Å². The molecular formula is C26H25ClN2O5. The van der Waals surface area contributed by atoms with E-state index in [0.717, 1.165) is 42.8 Å². The number of hydrogen-bond donors (Lipinski definition) is 1. The number of ether oxygens (including phenoxy) is 2. The Morgan fingerprint density at radius 1 is 0.971 bits per heavy atom. The van der Waals surface area contributed by atoms with E-state index in [-0.39, 0.29) is 24.9 Å². The minimum absolute atomic E-state index is 0. The lowest BCUT2D eigenvalue weighted by Crippen LogP contribution is -2.36. The van der Waals surface area contributed by atoms with Crippen molar-refractivity contribution < 1.29 is 18.7 Å². The lowest BCUT2D eigenvalue weighted by atomic mass is 10.0. The molecule has 0 aliphatic carbocycles. The van der Waals surface area contributed by atoms with Gasteiger partial charge in [-0.25, -0.2) is 4.79 Å². The van der Waals surface area contributed by atoms with Gasteiger partial charge in [-0.05, 0) is 54.8 Å². The minimum atomic E-state index is -0.392. The third-order valence-electron chi connectivity index (χ3n) is 5.87. The SMILES string of the molecule is Cc1c(OCC(=O)Nc2ccc(N3CCOCC3)cc2)ccc2c1oc(=O)c1ccccc12.Cl. The number of hydrogen-bond acceptors (Lipinski definition) is 6. The predicted molar refractivity (Wildman–Crippen MR) is 136 cm³/mol. The maximum atomic E-state index is 12.4. The number of nitrogens with one attached hydrogen (secondary N) is 1. The average molecular weight is 481 g/mol. The van der Waals surface area contributed by atoms with E-state index >= 15 is 0 Å². The minimum Gasteiger partial charge on any atom is -0.483 e. The largest absolute Gasteiger partial charge is 0.483 e. The molecule has 8 heteroatoms. The van der Waals surface area contributed by atoms with Gasteiger partial charge in [0.15, 0.2) is 6.61 Å². The molecule has 7 nitrogen and oxygen atoms in total. The summed E-state index contributed by atoms with van der Waals surface area (Å²) in [6, 6.07) is 18.7. The number of benzene rings is 3. The molecule has 1 aliphatic rings. The Hall–Kier alpha value is -3.55. The van der Waals surface area contributed by atoms with Gasteiger partial charge in [-0.15, -0.1) is 12.4 Å². The molecule has 3 aromatic carbocycles. The number of aryl methyl sites for hydroxylation is 1. The van der Waals surface area contributed by atoms with Gasteiger partial charge in [-0.3, -0.25) is 4.79 Å². The average Bonchev–Trinajstić information content (AvgIpc) is 2.85. The highest BCUT2D eigenvalue weighted by Crippen LogP contribution is 2.30. The lowest BCUT2D eigenvalue weighted by molar-refractivity contribution is -0.118. The van der Waals surface area contributed by atoms with Crippen LogP contribution in [-0.2, 0) is 9.53 Å². The molecule has 34 heavy (non-hydrogen) atoms. The molecule has 0 bridgehead atoms. The van der Waals surface area contributed by atoms with Crippen LogP contribution in [0.3, 0.4) is 0 Å². The summed E-state index contributed by atoms with van der Waals surface area (Å²) < 4.78 is 16.7. The van der Waals surface area contributed by atoms with Crippen molar-refractivity contribution in [2.45, 2.75) is 6.92 Å². The predicted octanol–water partition coefficient (Wildman–Crippen LogP) is 4.53. The zero-order valence-electron chi connectivity index (χ0n) is 18.7. The Kier molecular flexibility index (Phi) is 7.05. The van der Waals surface area contributed by atoms with Crippen LogP contribution in [0.4, 0.5) is 11.4 Å². The van der Waals surface area contributed by atoms with Gasteiger partial charge in [0.25, 0.3) is 5.91 Å². The van der Waals surface area contributed by atoms with E-state index in [2.05, 4.69) is 10.2 Å². The van der Waals surface area contributed by atoms with Crippen LogP contribution in [0.25, 0.3) is 21.7 Å². The number of nitrogens with zero attached hydrogens (tertiary/aromatic N) is 1. The monoisotopic (exact) mass is 480 g/mol. The van der Waals surface area contributed by atoms with Crippen molar-refractivity contribution in [3.05, 3.63) is 76.6 Å². The summed E-state index contributed by atoms with van der Waals surface area (Å²) in [4.78, 5) is 27.1. The zero-order valence-corrected chi connectivity index (χ0v) is 19.5. The third-order valence-corrected chi connectivity index (χ3v) is 5.87. The Morgan fingerprint density at radius 3 is 2.41 bits per heavy atom. The van der Waals surface area contributed by atoms with Gasteiger partial charge in [0, 0.05) is 35.4 Å². The number of fused-ring (bicyclic) bond motifs is 3. The molecule has 0 atom stereocenters. The fraction of sp³-hybridized carbons (Fsp3) is 0.231. The van der Waals surface area contributed by atoms with Crippen molar-refractivity contribution in [2.75, 3.05) is 43.1 Å². The number of morpholine rings is 1. The van der Waals surface area contributed by atoms with E-state index < -0.39 is 5.63 Å². The standard InChI is InChI=1S/C26H24N2O5.ClH/c1-17-23(11-10-21-20-4-2-3-5-22(20)26(30)33-25(17)21)32-16-24(29)27-18-6-8-19(9-7-18)28-12-14-31-15-13-28;/h2-11H,12-16H2,1H3,(H,27,29);1H. The first-order valence-electron chi connectivity index (χ1n) is 10.9. The van der Waals surface area contributed by atoms with E-state index in [1.165, 1.54) is 0 Å². The van der Waals surface area contributed by atoms with Gasteiger partial charge in [0.1, 0.15) is 11.3 Å². The fourth-order valence-electron chi connectivity index (χ4n) is 4.13. The first-order valence-corrected chi connectivity index (χ1v) is 10.9. The number of rotatable bonds is 5. The summed E-state index contributed by atoms with van der Waals surface area (Å²) in [7, 11) is 0. The fourth-order valence-corrected chi connectivity index (χ4v) is 4.13. The molecule has 176 valence electrons. The Balaban J connectivity index is 0.00000274. The van der Waals surface area contributed by atoms with Gasteiger partial charge in [0.2, 0.25) is 0 Å². The van der Waals surface area contributed by atoms with Gasteiger partial charge >= 0.3 is 5.63 Å². The van der Waals surface area contributed by atoms with Crippen LogP contribution in [0.5, 0.6) is 5.75 Å². The van der Waals surface area contributed by atoms with Crippen LogP contribution in [0.15, 0.2) is 69.9 Å². The maximum absolute atomic E-state index is 12.4. The van der Waals surface area contributed by atoms with Crippen molar-refractivity contribution >= 4 is 51.4 Å². The molecule has 4 aromatic rings. The van der Waals surface area contributed by atoms with Gasteiger partial charge in [-0.2, -0.15) is 0 Å². The van der Waals surface area contributed by atoms with Gasteiger partial charge in [0.05, 0.1) is 18.6 Å². The topological polar surface area (TPSA) is 81.0 Å². The van der Waals surface area contributed by atoms with Gasteiger partial charge in [-0.1, -0.05) is 18.2 Å². The normalized spacial score (nSPS) is 13.5. The van der Waals surface area contributed by atoms with Crippen molar-refractivity contribution in [1.82, 2.24) is 0 Å². The molecule has 5 rings (SSSR count). The molecule has 2 heterocycles. The second-order valence-electron chi connectivity index (χ2n) is 7.98. The summed E-state index contributed by atoms with van der Waals surface area (Å²) in [6.07, 6.45) is 0. The van der Waals surface area contributed by atoms with Crippen LogP contribution in [-0.4, -0.2) is 38.8 Å². The molecule has 1 fully saturated rings. The summed E-state index contributed by atoms with van der Waals surface area (Å²) in [5.41, 5.74) is 2.56. The molecule has 1 aromatic heterocycles. The molecule has 0 unspecified atom stereocenters. The van der Waals surface area contributed by atoms with Crippen LogP contribution in [0.2, 0.25) is 0 Å². The van der Waals surface area contributed by atoms with E-state index in [4.69, 9.17) is 13.9 Å². The molecule has 0 spiro atoms. The molecule has 1 aliphatic heterocycles. The Bertz CT molecular complexity index is 1380. The summed E-state index contributed by atoms with van der Waals surface area (Å²) in [6.45, 7) is 4.83. The quantitative estimate of drug-likeness (QED) is 0.334. The summed E-state index contributed by atoms with van der Waals surface area (Å²) in [5.74, 6) is 0.229. The second-order valence-corrected chi connectivity index (χ2v) is 7.98. The lowest BCUT2D eigenvalue weighted by Gasteiger charge is -2.28. The van der Waals surface area contributed by atoms with Crippen molar-refractivity contribution in [2.24, 2.45) is 0 Å². The number of anilines is 2. The second kappa shape index (κ2) is 10.2. The van der Waals surface area contributed by atoms with Crippen LogP contribution in [0.1, 0.15) is 5.56 Å². The highest BCUT2D eigenvalue weighted by Gasteiger charge is 2.14. The highest BCUT2D eigenvalue weighted by atomic mass is 35.5. The number of halogens is 1. The van der Waals surface area contributed by atoms with Gasteiger partial charge < -0.3 is 24.1 Å². The first kappa shape index (κ1) is 23.6. The van der Waals surface area contributed by atoms with E-state index in [9.17, 15) is 9.59 Å². The molecule has 1 N–H and O–H groups in total. The summed E-state index contributed by atoms with van der Waals surface area (Å²) in [5, 5.41) is 5.05. The Morgan fingerprint density at radius 2 is 1.68 bits per heavy atom.